The van der Waals surface area contributed by atoms with Crippen molar-refractivity contribution in [2.24, 2.45) is 0 Å². The summed E-state index contributed by atoms with van der Waals surface area (Å²) in [4.78, 5) is 30.1. The third kappa shape index (κ3) is 9.82. The summed E-state index contributed by atoms with van der Waals surface area (Å²) < 4.78 is 11.1. The van der Waals surface area contributed by atoms with Crippen LogP contribution in [0.4, 0.5) is 0 Å². The molecule has 0 radical (unpaired) electrons. The van der Waals surface area contributed by atoms with Crippen molar-refractivity contribution in [2.75, 3.05) is 5.75 Å². The molecule has 1 aromatic carbocycles. The van der Waals surface area contributed by atoms with Crippen LogP contribution in [-0.4, -0.2) is 21.4 Å². The highest BCUT2D eigenvalue weighted by molar-refractivity contribution is 8.54. The van der Waals surface area contributed by atoms with Crippen LogP contribution in [0, 0.1) is 0 Å². The molecule has 1 atom stereocenters. The number of carbonyl (C=O) groups excluding carboxylic acids is 1. The number of benzene rings is 1. The average Bonchev–Trinajstić information content (AvgIpc) is 2.51. The van der Waals surface area contributed by atoms with Gasteiger partial charge in [0.05, 0.1) is 6.04 Å². The maximum Gasteiger partial charge on any atom is 0.384 e. The van der Waals surface area contributed by atoms with E-state index in [9.17, 15) is 9.36 Å². The molecule has 5 nitrogen and oxygen atoms in total. The molecule has 0 aliphatic heterocycles. The lowest BCUT2D eigenvalue weighted by molar-refractivity contribution is -0.121. The van der Waals surface area contributed by atoms with Crippen LogP contribution in [0.2, 0.25) is 0 Å². The van der Waals surface area contributed by atoms with Crippen LogP contribution in [-0.2, 0) is 9.36 Å². The van der Waals surface area contributed by atoms with Crippen molar-refractivity contribution in [1.29, 1.82) is 0 Å². The Kier molecular flexibility index (Phi) is 9.56. The van der Waals surface area contributed by atoms with Gasteiger partial charge in [-0.1, -0.05) is 62.9 Å². The smallest absolute Gasteiger partial charge is 0.348 e. The monoisotopic (exact) mass is 359 g/mol. The molecule has 0 bridgehead atoms. The topological polar surface area (TPSA) is 86.6 Å². The molecule has 1 unspecified atom stereocenters. The second-order valence-electron chi connectivity index (χ2n) is 5.48. The van der Waals surface area contributed by atoms with Crippen LogP contribution in [0.15, 0.2) is 30.3 Å². The van der Waals surface area contributed by atoms with Crippen molar-refractivity contribution in [1.82, 2.24) is 5.32 Å². The summed E-state index contributed by atoms with van der Waals surface area (Å²) in [6.45, 7) is -2.00. The molecule has 3 N–H and O–H groups in total. The Morgan fingerprint density at radius 1 is 1.17 bits per heavy atom. The molecule has 0 heterocycles. The number of rotatable bonds is 11. The van der Waals surface area contributed by atoms with Crippen LogP contribution in [0.5, 0.6) is 0 Å². The highest BCUT2D eigenvalue weighted by Gasteiger charge is 2.21. The molecule has 0 aliphatic rings. The minimum absolute atomic E-state index is 0.0679. The number of carbonyl (C=O) groups is 1. The van der Waals surface area contributed by atoms with Gasteiger partial charge in [-0.2, -0.15) is 0 Å². The van der Waals surface area contributed by atoms with Gasteiger partial charge < -0.3 is 15.1 Å². The summed E-state index contributed by atoms with van der Waals surface area (Å²) in [5.41, 5.74) is 0.854. The van der Waals surface area contributed by atoms with Gasteiger partial charge in [-0.3, -0.25) is 4.79 Å². The normalized spacial score (nSPS) is 12.8. The molecule has 0 aliphatic carbocycles. The van der Waals surface area contributed by atoms with E-state index < -0.39 is 12.8 Å². The van der Waals surface area contributed by atoms with Gasteiger partial charge in [0.2, 0.25) is 5.91 Å². The molecule has 0 fully saturated rings. The first-order valence-electron chi connectivity index (χ1n) is 7.96. The van der Waals surface area contributed by atoms with Gasteiger partial charge in [-0.05, 0) is 23.4 Å². The Balaban J connectivity index is 2.52. The van der Waals surface area contributed by atoms with E-state index in [1.165, 1.54) is 12.8 Å². The van der Waals surface area contributed by atoms with Crippen LogP contribution in [0.3, 0.4) is 0 Å². The molecule has 0 saturated heterocycles. The van der Waals surface area contributed by atoms with Gasteiger partial charge in [0.25, 0.3) is 0 Å². The van der Waals surface area contributed by atoms with Crippen LogP contribution < -0.4 is 5.32 Å². The van der Waals surface area contributed by atoms with Crippen LogP contribution in [0.25, 0.3) is 0 Å². The number of nitrogens with one attached hydrogen (secondary N) is 1. The molecular formula is C16H26NO4PS. The quantitative estimate of drug-likeness (QED) is 0.410. The molecule has 1 amide bonds. The predicted molar refractivity (Wildman–Crippen MR) is 95.2 cm³/mol. The molecular weight excluding hydrogens is 333 g/mol. The zero-order valence-corrected chi connectivity index (χ0v) is 15.2. The highest BCUT2D eigenvalue weighted by Crippen LogP contribution is 2.51. The zero-order chi connectivity index (χ0) is 17.1. The molecule has 7 heteroatoms. The van der Waals surface area contributed by atoms with Crippen molar-refractivity contribution in [2.45, 2.75) is 51.5 Å². The summed E-state index contributed by atoms with van der Waals surface area (Å²) in [5.74, 6) is 0.0808. The van der Waals surface area contributed by atoms with Gasteiger partial charge in [0, 0.05) is 12.2 Å². The number of hydrogen-bond donors (Lipinski definition) is 3. The largest absolute Gasteiger partial charge is 0.384 e. The first-order chi connectivity index (χ1) is 10.9. The Morgan fingerprint density at radius 3 is 2.43 bits per heavy atom. The third-order valence-electron chi connectivity index (χ3n) is 3.45. The van der Waals surface area contributed by atoms with E-state index in [0.717, 1.165) is 24.8 Å². The van der Waals surface area contributed by atoms with E-state index in [0.29, 0.717) is 17.8 Å². The Hall–Kier alpha value is -0.810. The fraction of sp³-hybridized carbons (Fsp3) is 0.562. The standard InChI is InChI=1S/C16H26NO4PS/c1-2-3-4-5-9-12-16(18)17-15(13-23-22(19,20)21)14-10-7-6-8-11-14/h6-8,10-11,15H,2-5,9,12-13H2,1H3,(H,17,18)(H2,19,20,21). The van der Waals surface area contributed by atoms with E-state index in [-0.39, 0.29) is 11.7 Å². The SMILES string of the molecule is CCCCCCCC(=O)NC(CSP(=O)(O)O)c1ccccc1. The van der Waals surface area contributed by atoms with Crippen LogP contribution >= 0.6 is 18.2 Å². The van der Waals surface area contributed by atoms with Crippen molar-refractivity contribution in [3.05, 3.63) is 35.9 Å². The first kappa shape index (κ1) is 20.2. The minimum atomic E-state index is -4.15. The fourth-order valence-corrected chi connectivity index (χ4v) is 3.88. The predicted octanol–water partition coefficient (Wildman–Crippen LogP) is 4.03. The minimum Gasteiger partial charge on any atom is -0.348 e. The van der Waals surface area contributed by atoms with Gasteiger partial charge in [-0.15, -0.1) is 0 Å². The Morgan fingerprint density at radius 2 is 1.83 bits per heavy atom. The van der Waals surface area contributed by atoms with Gasteiger partial charge in [0.1, 0.15) is 0 Å². The van der Waals surface area contributed by atoms with Crippen molar-refractivity contribution in [3.63, 3.8) is 0 Å². The van der Waals surface area contributed by atoms with E-state index >= 15 is 0 Å². The summed E-state index contributed by atoms with van der Waals surface area (Å²) >= 11 is 0.565. The second-order valence-corrected chi connectivity index (χ2v) is 9.26. The third-order valence-corrected chi connectivity index (χ3v) is 5.73. The van der Waals surface area contributed by atoms with Gasteiger partial charge in [0.15, 0.2) is 0 Å². The van der Waals surface area contributed by atoms with Crippen molar-refractivity contribution >= 4 is 24.1 Å². The lowest BCUT2D eigenvalue weighted by Crippen LogP contribution is -2.29. The fourth-order valence-electron chi connectivity index (χ4n) is 2.23. The maximum absolute atomic E-state index is 12.1. The molecule has 130 valence electrons. The Labute approximate surface area is 142 Å². The molecule has 0 saturated carbocycles. The summed E-state index contributed by atoms with van der Waals surface area (Å²) in [5, 5.41) is 2.89. The van der Waals surface area contributed by atoms with Crippen molar-refractivity contribution < 1.29 is 19.1 Å². The number of amides is 1. The number of hydrogen-bond acceptors (Lipinski definition) is 3. The van der Waals surface area contributed by atoms with Crippen LogP contribution in [0.1, 0.15) is 57.1 Å². The highest BCUT2D eigenvalue weighted by atomic mass is 32.7. The molecule has 0 aromatic heterocycles. The summed E-state index contributed by atoms with van der Waals surface area (Å²) in [7, 11) is 0. The van der Waals surface area contributed by atoms with E-state index in [2.05, 4.69) is 12.2 Å². The van der Waals surface area contributed by atoms with Gasteiger partial charge >= 0.3 is 6.80 Å². The molecule has 23 heavy (non-hydrogen) atoms. The lowest BCUT2D eigenvalue weighted by Gasteiger charge is -2.19. The lowest BCUT2D eigenvalue weighted by atomic mass is 10.1. The second kappa shape index (κ2) is 10.9. The Bertz CT molecular complexity index is 506. The average molecular weight is 359 g/mol. The van der Waals surface area contributed by atoms with Crippen molar-refractivity contribution in [3.8, 4) is 0 Å². The zero-order valence-electron chi connectivity index (χ0n) is 13.5. The first-order valence-corrected chi connectivity index (χ1v) is 11.2. The van der Waals surface area contributed by atoms with Gasteiger partial charge in [-0.25, -0.2) is 4.57 Å². The summed E-state index contributed by atoms with van der Waals surface area (Å²) in [6.07, 6.45) is 5.83. The summed E-state index contributed by atoms with van der Waals surface area (Å²) in [6, 6.07) is 8.88. The molecule has 1 aromatic rings. The molecule has 1 rings (SSSR count). The van der Waals surface area contributed by atoms with E-state index in [4.69, 9.17) is 9.79 Å². The van der Waals surface area contributed by atoms with E-state index in [1.54, 1.807) is 0 Å². The molecule has 0 spiro atoms. The van der Waals surface area contributed by atoms with E-state index in [1.807, 2.05) is 30.3 Å². The number of unbranched alkanes of at least 4 members (excludes halogenated alkanes) is 4. The maximum atomic E-state index is 12.1.